The van der Waals surface area contributed by atoms with Crippen molar-refractivity contribution >= 4 is 0 Å². The van der Waals surface area contributed by atoms with Crippen LogP contribution >= 0.6 is 0 Å². The third-order valence-electron chi connectivity index (χ3n) is 3.44. The van der Waals surface area contributed by atoms with E-state index >= 15 is 0 Å². The SMILES string of the molecule is CCNC(CCC1CCCO1)C(CC)OC. The molecule has 96 valence electrons. The van der Waals surface area contributed by atoms with Crippen LogP contribution in [0.3, 0.4) is 0 Å². The monoisotopic (exact) mass is 229 g/mol. The van der Waals surface area contributed by atoms with E-state index in [1.54, 1.807) is 0 Å². The molecule has 0 saturated carbocycles. The van der Waals surface area contributed by atoms with Gasteiger partial charge in [0.25, 0.3) is 0 Å². The molecular weight excluding hydrogens is 202 g/mol. The maximum atomic E-state index is 5.66. The number of likely N-dealkylation sites (N-methyl/N-ethyl adjacent to an activating group) is 1. The summed E-state index contributed by atoms with van der Waals surface area (Å²) in [6, 6.07) is 0.476. The van der Waals surface area contributed by atoms with Crippen molar-refractivity contribution in [3.05, 3.63) is 0 Å². The summed E-state index contributed by atoms with van der Waals surface area (Å²) in [5, 5.41) is 3.53. The summed E-state index contributed by atoms with van der Waals surface area (Å²) in [6.45, 7) is 6.31. The van der Waals surface area contributed by atoms with Crippen LogP contribution in [0.1, 0.15) is 46.0 Å². The molecule has 0 bridgehead atoms. The highest BCUT2D eigenvalue weighted by atomic mass is 16.5. The van der Waals surface area contributed by atoms with E-state index in [2.05, 4.69) is 19.2 Å². The molecule has 3 nitrogen and oxygen atoms in total. The van der Waals surface area contributed by atoms with Crippen LogP contribution in [0.15, 0.2) is 0 Å². The molecule has 16 heavy (non-hydrogen) atoms. The molecule has 0 aliphatic carbocycles. The van der Waals surface area contributed by atoms with Gasteiger partial charge in [0.05, 0.1) is 12.2 Å². The third kappa shape index (κ3) is 4.40. The molecule has 1 rings (SSSR count). The van der Waals surface area contributed by atoms with Gasteiger partial charge in [-0.05, 0) is 38.6 Å². The molecule has 0 aromatic heterocycles. The maximum Gasteiger partial charge on any atom is 0.0721 e. The minimum absolute atomic E-state index is 0.335. The summed E-state index contributed by atoms with van der Waals surface area (Å²) in [6.07, 6.45) is 6.69. The summed E-state index contributed by atoms with van der Waals surface area (Å²) in [7, 11) is 1.81. The van der Waals surface area contributed by atoms with E-state index in [1.807, 2.05) is 7.11 Å². The maximum absolute atomic E-state index is 5.66. The second kappa shape index (κ2) is 8.04. The van der Waals surface area contributed by atoms with Gasteiger partial charge in [-0.3, -0.25) is 0 Å². The van der Waals surface area contributed by atoms with Gasteiger partial charge in [0.2, 0.25) is 0 Å². The lowest BCUT2D eigenvalue weighted by atomic mass is 10.00. The largest absolute Gasteiger partial charge is 0.380 e. The minimum atomic E-state index is 0.335. The first-order valence-electron chi connectivity index (χ1n) is 6.69. The quantitative estimate of drug-likeness (QED) is 0.693. The predicted molar refractivity (Wildman–Crippen MR) is 66.8 cm³/mol. The molecule has 0 aromatic rings. The van der Waals surface area contributed by atoms with Gasteiger partial charge in [-0.2, -0.15) is 0 Å². The number of rotatable bonds is 8. The number of ether oxygens (including phenoxy) is 2. The van der Waals surface area contributed by atoms with E-state index in [0.29, 0.717) is 18.2 Å². The molecular formula is C13H27NO2. The summed E-state index contributed by atoms with van der Waals surface area (Å²) < 4.78 is 11.2. The van der Waals surface area contributed by atoms with E-state index in [-0.39, 0.29) is 0 Å². The molecule has 0 aromatic carbocycles. The van der Waals surface area contributed by atoms with Crippen molar-refractivity contribution in [2.24, 2.45) is 0 Å². The van der Waals surface area contributed by atoms with Gasteiger partial charge in [0, 0.05) is 19.8 Å². The molecule has 0 spiro atoms. The van der Waals surface area contributed by atoms with Crippen molar-refractivity contribution in [3.8, 4) is 0 Å². The number of nitrogens with one attached hydrogen (secondary N) is 1. The second-order valence-corrected chi connectivity index (χ2v) is 4.56. The zero-order valence-corrected chi connectivity index (χ0v) is 11.0. The normalized spacial score (nSPS) is 24.6. The van der Waals surface area contributed by atoms with Crippen LogP contribution in [0.4, 0.5) is 0 Å². The van der Waals surface area contributed by atoms with E-state index in [4.69, 9.17) is 9.47 Å². The Bertz CT molecular complexity index is 165. The Kier molecular flexibility index (Phi) is 7.01. The number of hydrogen-bond donors (Lipinski definition) is 1. The van der Waals surface area contributed by atoms with Gasteiger partial charge in [-0.25, -0.2) is 0 Å². The lowest BCUT2D eigenvalue weighted by Gasteiger charge is -2.26. The Labute approximate surface area is 99.9 Å². The average Bonchev–Trinajstić information content (AvgIpc) is 2.80. The Hall–Kier alpha value is -0.120. The van der Waals surface area contributed by atoms with E-state index in [1.165, 1.54) is 12.8 Å². The zero-order chi connectivity index (χ0) is 11.8. The predicted octanol–water partition coefficient (Wildman–Crippen LogP) is 2.35. The Balaban J connectivity index is 2.30. The van der Waals surface area contributed by atoms with Gasteiger partial charge in [0.15, 0.2) is 0 Å². The topological polar surface area (TPSA) is 30.5 Å². The third-order valence-corrected chi connectivity index (χ3v) is 3.44. The first-order chi connectivity index (χ1) is 7.81. The highest BCUT2D eigenvalue weighted by Gasteiger charge is 2.22. The molecule has 3 atom stereocenters. The Morgan fingerprint density at radius 1 is 1.44 bits per heavy atom. The summed E-state index contributed by atoms with van der Waals surface area (Å²) in [5.41, 5.74) is 0. The van der Waals surface area contributed by atoms with Crippen molar-refractivity contribution in [2.75, 3.05) is 20.3 Å². The van der Waals surface area contributed by atoms with E-state index in [9.17, 15) is 0 Å². The first kappa shape index (κ1) is 13.9. The summed E-state index contributed by atoms with van der Waals surface area (Å²) >= 11 is 0. The van der Waals surface area contributed by atoms with Crippen molar-refractivity contribution in [1.29, 1.82) is 0 Å². The van der Waals surface area contributed by atoms with Crippen LogP contribution < -0.4 is 5.32 Å². The second-order valence-electron chi connectivity index (χ2n) is 4.56. The fraction of sp³-hybridized carbons (Fsp3) is 1.00. The lowest BCUT2D eigenvalue weighted by molar-refractivity contribution is 0.0507. The van der Waals surface area contributed by atoms with Gasteiger partial charge in [-0.15, -0.1) is 0 Å². The average molecular weight is 229 g/mol. The van der Waals surface area contributed by atoms with E-state index in [0.717, 1.165) is 32.4 Å². The Morgan fingerprint density at radius 2 is 2.25 bits per heavy atom. The van der Waals surface area contributed by atoms with Crippen LogP contribution in [0, 0.1) is 0 Å². The van der Waals surface area contributed by atoms with Gasteiger partial charge >= 0.3 is 0 Å². The number of hydrogen-bond acceptors (Lipinski definition) is 3. The molecule has 0 radical (unpaired) electrons. The smallest absolute Gasteiger partial charge is 0.0721 e. The molecule has 0 amide bonds. The van der Waals surface area contributed by atoms with Gasteiger partial charge in [0.1, 0.15) is 0 Å². The fourth-order valence-corrected chi connectivity index (χ4v) is 2.53. The van der Waals surface area contributed by atoms with Gasteiger partial charge < -0.3 is 14.8 Å². The van der Waals surface area contributed by atoms with E-state index < -0.39 is 0 Å². The highest BCUT2D eigenvalue weighted by molar-refractivity contribution is 4.78. The molecule has 1 aliphatic heterocycles. The van der Waals surface area contributed by atoms with Crippen molar-refractivity contribution in [1.82, 2.24) is 5.32 Å². The first-order valence-corrected chi connectivity index (χ1v) is 6.69. The summed E-state index contributed by atoms with van der Waals surface area (Å²) in [4.78, 5) is 0. The van der Waals surface area contributed by atoms with Crippen LogP contribution in [0.2, 0.25) is 0 Å². The molecule has 1 saturated heterocycles. The molecule has 1 heterocycles. The molecule has 1 fully saturated rings. The fourth-order valence-electron chi connectivity index (χ4n) is 2.53. The molecule has 3 heteroatoms. The van der Waals surface area contributed by atoms with Crippen LogP contribution in [0.25, 0.3) is 0 Å². The minimum Gasteiger partial charge on any atom is -0.380 e. The number of methoxy groups -OCH3 is 1. The van der Waals surface area contributed by atoms with Crippen molar-refractivity contribution < 1.29 is 9.47 Å². The Morgan fingerprint density at radius 3 is 2.75 bits per heavy atom. The highest BCUT2D eigenvalue weighted by Crippen LogP contribution is 2.19. The lowest BCUT2D eigenvalue weighted by Crippen LogP contribution is -2.41. The molecule has 1 N–H and O–H groups in total. The molecule has 3 unspecified atom stereocenters. The van der Waals surface area contributed by atoms with Crippen LogP contribution in [0.5, 0.6) is 0 Å². The summed E-state index contributed by atoms with van der Waals surface area (Å²) in [5.74, 6) is 0. The van der Waals surface area contributed by atoms with Crippen molar-refractivity contribution in [3.63, 3.8) is 0 Å². The van der Waals surface area contributed by atoms with Gasteiger partial charge in [-0.1, -0.05) is 13.8 Å². The van der Waals surface area contributed by atoms with Crippen LogP contribution in [-0.2, 0) is 9.47 Å². The van der Waals surface area contributed by atoms with Crippen LogP contribution in [-0.4, -0.2) is 38.5 Å². The molecule has 1 aliphatic rings. The standard InChI is InChI=1S/C13H27NO2/c1-4-13(15-3)12(14-5-2)9-8-11-7-6-10-16-11/h11-14H,4-10H2,1-3H3. The van der Waals surface area contributed by atoms with Crippen molar-refractivity contribution in [2.45, 2.75) is 64.2 Å². The zero-order valence-electron chi connectivity index (χ0n) is 11.0.